The minimum absolute atomic E-state index is 0.0418. The molecule has 0 aliphatic carbocycles. The van der Waals surface area contributed by atoms with Gasteiger partial charge >= 0.3 is 0 Å². The van der Waals surface area contributed by atoms with Gasteiger partial charge in [-0.15, -0.1) is 0 Å². The predicted molar refractivity (Wildman–Crippen MR) is 196 cm³/mol. The largest absolute Gasteiger partial charge is 0.336 e. The summed E-state index contributed by atoms with van der Waals surface area (Å²) in [5, 5.41) is 4.90. The molecule has 9 aromatic rings. The molecule has 0 aliphatic rings. The zero-order valence-electron chi connectivity index (χ0n) is 26.5. The highest BCUT2D eigenvalue weighted by Gasteiger charge is 2.23. The number of hydrogen-bond acceptors (Lipinski definition) is 2. The molecule has 226 valence electrons. The summed E-state index contributed by atoms with van der Waals surface area (Å²) in [6.45, 7) is 7.00. The van der Waals surface area contributed by atoms with Gasteiger partial charge in [0, 0.05) is 49.9 Å². The lowest BCUT2D eigenvalue weighted by Gasteiger charge is -2.22. The van der Waals surface area contributed by atoms with Crippen molar-refractivity contribution in [2.75, 3.05) is 0 Å². The normalized spacial score (nSPS) is 12.4. The van der Waals surface area contributed by atoms with Crippen molar-refractivity contribution in [3.8, 4) is 11.1 Å². The SMILES string of the molecule is CC(C)(C)c1cc2c(=O)c3cc(Cn4c5ccccc5c5ccccc54)ccc3n3c4ccc(-c5ccccc5)cc4c(=O)c(c1)c23. The van der Waals surface area contributed by atoms with Crippen molar-refractivity contribution in [3.63, 3.8) is 0 Å². The molecule has 0 bridgehead atoms. The zero-order valence-corrected chi connectivity index (χ0v) is 26.5. The molecule has 9 rings (SSSR count). The van der Waals surface area contributed by atoms with Crippen LogP contribution in [0.3, 0.4) is 0 Å². The molecule has 3 heterocycles. The topological polar surface area (TPSA) is 43.5 Å². The van der Waals surface area contributed by atoms with Gasteiger partial charge in [-0.1, -0.05) is 99.6 Å². The highest BCUT2D eigenvalue weighted by atomic mass is 16.1. The Balaban J connectivity index is 1.36. The van der Waals surface area contributed by atoms with Crippen LogP contribution in [-0.2, 0) is 12.0 Å². The number of hydrogen-bond donors (Lipinski definition) is 0. The summed E-state index contributed by atoms with van der Waals surface area (Å²) >= 11 is 0. The van der Waals surface area contributed by atoms with Gasteiger partial charge in [-0.2, -0.15) is 0 Å². The Morgan fingerprint density at radius 2 is 1.04 bits per heavy atom. The summed E-state index contributed by atoms with van der Waals surface area (Å²) in [7, 11) is 0. The Hall–Kier alpha value is -5.74. The van der Waals surface area contributed by atoms with Crippen molar-refractivity contribution in [2.24, 2.45) is 0 Å². The van der Waals surface area contributed by atoms with Gasteiger partial charge in [0.2, 0.25) is 0 Å². The summed E-state index contributed by atoms with van der Waals surface area (Å²) in [6, 6.07) is 43.5. The molecule has 0 aliphatic heterocycles. The van der Waals surface area contributed by atoms with Crippen LogP contribution in [-0.4, -0.2) is 8.97 Å². The van der Waals surface area contributed by atoms with E-state index in [0.717, 1.165) is 33.3 Å². The fourth-order valence-corrected chi connectivity index (χ4v) is 7.45. The maximum absolute atomic E-state index is 14.5. The van der Waals surface area contributed by atoms with Crippen LogP contribution in [0.15, 0.2) is 137 Å². The molecule has 0 N–H and O–H groups in total. The lowest BCUT2D eigenvalue weighted by Crippen LogP contribution is -2.18. The van der Waals surface area contributed by atoms with Gasteiger partial charge in [-0.3, -0.25) is 9.59 Å². The molecular weight excluding hydrogens is 576 g/mol. The molecule has 0 saturated heterocycles. The van der Waals surface area contributed by atoms with Crippen LogP contribution in [0.2, 0.25) is 0 Å². The minimum Gasteiger partial charge on any atom is -0.336 e. The van der Waals surface area contributed by atoms with E-state index in [1.165, 1.54) is 21.8 Å². The molecule has 0 unspecified atom stereocenters. The van der Waals surface area contributed by atoms with Crippen LogP contribution in [0.25, 0.3) is 71.0 Å². The van der Waals surface area contributed by atoms with E-state index >= 15 is 0 Å². The first-order valence-electron chi connectivity index (χ1n) is 16.1. The second-order valence-corrected chi connectivity index (χ2v) is 13.7. The highest BCUT2D eigenvalue weighted by molar-refractivity contribution is 6.09. The maximum Gasteiger partial charge on any atom is 0.197 e. The summed E-state index contributed by atoms with van der Waals surface area (Å²) in [6.07, 6.45) is 0. The van der Waals surface area contributed by atoms with E-state index in [4.69, 9.17) is 0 Å². The van der Waals surface area contributed by atoms with Crippen molar-refractivity contribution in [1.82, 2.24) is 8.97 Å². The van der Waals surface area contributed by atoms with Gasteiger partial charge in [-0.05, 0) is 76.2 Å². The van der Waals surface area contributed by atoms with Gasteiger partial charge in [-0.25, -0.2) is 0 Å². The molecule has 0 fully saturated rings. The molecule has 0 atom stereocenters. The van der Waals surface area contributed by atoms with E-state index < -0.39 is 0 Å². The first-order valence-corrected chi connectivity index (χ1v) is 16.1. The number of rotatable bonds is 3. The second-order valence-electron chi connectivity index (χ2n) is 13.7. The molecule has 0 saturated carbocycles. The van der Waals surface area contributed by atoms with Crippen LogP contribution < -0.4 is 10.9 Å². The quantitative estimate of drug-likeness (QED) is 0.148. The van der Waals surface area contributed by atoms with E-state index in [1.807, 2.05) is 42.5 Å². The third-order valence-corrected chi connectivity index (χ3v) is 9.85. The number of pyridine rings is 2. The van der Waals surface area contributed by atoms with Crippen molar-refractivity contribution in [2.45, 2.75) is 32.7 Å². The lowest BCUT2D eigenvalue weighted by atomic mass is 9.85. The Kier molecular flexibility index (Phi) is 5.79. The smallest absolute Gasteiger partial charge is 0.197 e. The van der Waals surface area contributed by atoms with Crippen molar-refractivity contribution in [3.05, 3.63) is 159 Å². The van der Waals surface area contributed by atoms with Gasteiger partial charge in [0.25, 0.3) is 0 Å². The first kappa shape index (κ1) is 27.6. The maximum atomic E-state index is 14.5. The fraction of sp³-hybridized carbons (Fsp3) is 0.116. The van der Waals surface area contributed by atoms with E-state index in [-0.39, 0.29) is 16.3 Å². The summed E-state index contributed by atoms with van der Waals surface area (Å²) < 4.78 is 4.48. The summed E-state index contributed by atoms with van der Waals surface area (Å²) in [5.74, 6) is 0. The minimum atomic E-state index is -0.248. The zero-order chi connectivity index (χ0) is 32.0. The number of fused-ring (bicyclic) bond motifs is 7. The molecule has 0 amide bonds. The van der Waals surface area contributed by atoms with E-state index in [0.29, 0.717) is 33.6 Å². The van der Waals surface area contributed by atoms with Crippen molar-refractivity contribution in [1.29, 1.82) is 0 Å². The van der Waals surface area contributed by atoms with Gasteiger partial charge < -0.3 is 8.97 Å². The number of aromatic nitrogens is 2. The molecule has 0 radical (unpaired) electrons. The fourth-order valence-electron chi connectivity index (χ4n) is 7.45. The van der Waals surface area contributed by atoms with Crippen LogP contribution in [0, 0.1) is 0 Å². The van der Waals surface area contributed by atoms with E-state index in [2.05, 4.69) is 115 Å². The molecule has 47 heavy (non-hydrogen) atoms. The van der Waals surface area contributed by atoms with Crippen LogP contribution in [0.1, 0.15) is 31.9 Å². The summed E-state index contributed by atoms with van der Waals surface area (Å²) in [4.78, 5) is 28.8. The Bertz CT molecular complexity index is 2780. The monoisotopic (exact) mass is 608 g/mol. The molecule has 4 heteroatoms. The van der Waals surface area contributed by atoms with Crippen LogP contribution in [0.5, 0.6) is 0 Å². The number of benzene rings is 6. The standard InChI is InChI=1S/C43H32N2O2/c1-43(2,3)29-23-34-40-35(24-29)42(47)33-22-28(27-11-5-4-6-12-27)18-20-39(33)45(40)38-19-17-26(21-32(38)41(34)46)25-44-36-15-9-7-13-30(36)31-14-8-10-16-37(31)44/h4-24H,25H2,1-3H3. The molecule has 3 aromatic heterocycles. The van der Waals surface area contributed by atoms with E-state index in [1.54, 1.807) is 0 Å². The first-order chi connectivity index (χ1) is 22.8. The van der Waals surface area contributed by atoms with E-state index in [9.17, 15) is 9.59 Å². The molecule has 0 spiro atoms. The van der Waals surface area contributed by atoms with Crippen molar-refractivity contribution < 1.29 is 0 Å². The summed E-state index contributed by atoms with van der Waals surface area (Å²) in [5.41, 5.74) is 8.36. The Labute approximate surface area is 271 Å². The Morgan fingerprint density at radius 1 is 0.489 bits per heavy atom. The second kappa shape index (κ2) is 9.88. The average molecular weight is 609 g/mol. The van der Waals surface area contributed by atoms with Crippen LogP contribution in [0.4, 0.5) is 0 Å². The predicted octanol–water partition coefficient (Wildman–Crippen LogP) is 9.68. The lowest BCUT2D eigenvalue weighted by molar-refractivity contribution is 0.591. The van der Waals surface area contributed by atoms with Crippen molar-refractivity contribution >= 4 is 59.9 Å². The molecular formula is C43H32N2O2. The third kappa shape index (κ3) is 4.07. The third-order valence-electron chi connectivity index (χ3n) is 9.85. The van der Waals surface area contributed by atoms with Gasteiger partial charge in [0.15, 0.2) is 10.9 Å². The van der Waals surface area contributed by atoms with Crippen LogP contribution >= 0.6 is 0 Å². The van der Waals surface area contributed by atoms with Gasteiger partial charge in [0.05, 0.1) is 16.6 Å². The Morgan fingerprint density at radius 3 is 1.66 bits per heavy atom. The average Bonchev–Trinajstić information content (AvgIpc) is 3.41. The highest BCUT2D eigenvalue weighted by Crippen LogP contribution is 2.34. The molecule has 6 aromatic carbocycles. The number of para-hydroxylation sites is 2. The number of nitrogens with zero attached hydrogens (tertiary/aromatic N) is 2. The molecule has 4 nitrogen and oxygen atoms in total. The van der Waals surface area contributed by atoms with Gasteiger partial charge in [0.1, 0.15) is 0 Å².